The van der Waals surface area contributed by atoms with Crippen LogP contribution in [0.1, 0.15) is 5.69 Å². The Bertz CT molecular complexity index is 911. The molecule has 0 amide bonds. The summed E-state index contributed by atoms with van der Waals surface area (Å²) in [6.45, 7) is 3.83. The van der Waals surface area contributed by atoms with Crippen molar-refractivity contribution in [3.05, 3.63) is 48.2 Å². The van der Waals surface area contributed by atoms with Gasteiger partial charge in [-0.15, -0.1) is 0 Å². The standard InChI is InChI=1S/C19H18N4O/c1-22-9-11-23(12-10-22)19-17(13-20)21-18(24-19)16-8-4-6-14-5-2-3-7-15(14)16/h2-8H,9-12H2,1H3/p+1. The van der Waals surface area contributed by atoms with E-state index in [1.165, 1.54) is 4.90 Å². The summed E-state index contributed by atoms with van der Waals surface area (Å²) in [5.74, 6) is 1.12. The first-order valence-electron chi connectivity index (χ1n) is 8.21. The highest BCUT2D eigenvalue weighted by molar-refractivity contribution is 5.94. The fraction of sp³-hybridized carbons (Fsp3) is 0.263. The van der Waals surface area contributed by atoms with Gasteiger partial charge in [-0.05, 0) is 16.8 Å². The lowest BCUT2D eigenvalue weighted by Gasteiger charge is -2.29. The Hall–Kier alpha value is -2.84. The van der Waals surface area contributed by atoms with E-state index < -0.39 is 0 Å². The van der Waals surface area contributed by atoms with Crippen LogP contribution in [0.2, 0.25) is 0 Å². The monoisotopic (exact) mass is 319 g/mol. The predicted molar refractivity (Wildman–Crippen MR) is 93.0 cm³/mol. The molecule has 0 spiro atoms. The molecule has 1 aliphatic heterocycles. The first kappa shape index (κ1) is 14.7. The quantitative estimate of drug-likeness (QED) is 0.781. The molecule has 5 heteroatoms. The van der Waals surface area contributed by atoms with Crippen LogP contribution in [0.4, 0.5) is 5.88 Å². The zero-order chi connectivity index (χ0) is 16.5. The Kier molecular flexibility index (Phi) is 3.68. The second-order valence-electron chi connectivity index (χ2n) is 6.26. The molecule has 3 aromatic rings. The number of aromatic nitrogens is 1. The van der Waals surface area contributed by atoms with Crippen LogP contribution in [0.5, 0.6) is 0 Å². The summed E-state index contributed by atoms with van der Waals surface area (Å²) in [6.07, 6.45) is 0. The summed E-state index contributed by atoms with van der Waals surface area (Å²) in [6, 6.07) is 16.4. The summed E-state index contributed by atoms with van der Waals surface area (Å²) < 4.78 is 6.06. The summed E-state index contributed by atoms with van der Waals surface area (Å²) in [7, 11) is 2.18. The highest BCUT2D eigenvalue weighted by Crippen LogP contribution is 2.32. The minimum atomic E-state index is 0.373. The van der Waals surface area contributed by atoms with Crippen LogP contribution >= 0.6 is 0 Å². The van der Waals surface area contributed by atoms with Crippen LogP contribution < -0.4 is 9.80 Å². The largest absolute Gasteiger partial charge is 0.419 e. The first-order chi connectivity index (χ1) is 11.8. The highest BCUT2D eigenvalue weighted by Gasteiger charge is 2.25. The number of anilines is 1. The van der Waals surface area contributed by atoms with E-state index in [9.17, 15) is 5.26 Å². The molecular formula is C19H19N4O+. The number of rotatable bonds is 2. The number of benzene rings is 2. The second-order valence-corrected chi connectivity index (χ2v) is 6.26. The molecule has 2 aromatic carbocycles. The third-order valence-corrected chi connectivity index (χ3v) is 4.64. The van der Waals surface area contributed by atoms with Gasteiger partial charge in [-0.2, -0.15) is 10.2 Å². The molecule has 5 nitrogen and oxygen atoms in total. The Morgan fingerprint density at radius 1 is 1.12 bits per heavy atom. The molecule has 0 radical (unpaired) electrons. The number of fused-ring (bicyclic) bond motifs is 1. The number of oxazole rings is 1. The van der Waals surface area contributed by atoms with Crippen molar-refractivity contribution < 1.29 is 9.32 Å². The summed E-state index contributed by atoms with van der Waals surface area (Å²) >= 11 is 0. The average molecular weight is 319 g/mol. The fourth-order valence-corrected chi connectivity index (χ4v) is 3.22. The maximum absolute atomic E-state index is 9.47. The first-order valence-corrected chi connectivity index (χ1v) is 8.21. The van der Waals surface area contributed by atoms with Crippen LogP contribution in [0.3, 0.4) is 0 Å². The summed E-state index contributed by atoms with van der Waals surface area (Å²) in [5, 5.41) is 11.7. The number of hydrogen-bond acceptors (Lipinski definition) is 4. The zero-order valence-corrected chi connectivity index (χ0v) is 13.6. The Morgan fingerprint density at radius 2 is 1.88 bits per heavy atom. The molecule has 2 heterocycles. The molecule has 0 saturated carbocycles. The molecule has 1 saturated heterocycles. The Balaban J connectivity index is 1.78. The molecule has 0 bridgehead atoms. The van der Waals surface area contributed by atoms with Crippen LogP contribution in [0.25, 0.3) is 22.2 Å². The number of nitrogens with one attached hydrogen (secondary N) is 1. The lowest BCUT2D eigenvalue weighted by molar-refractivity contribution is -0.880. The molecule has 120 valence electrons. The lowest BCUT2D eigenvalue weighted by Crippen LogP contribution is -3.12. The van der Waals surface area contributed by atoms with Gasteiger partial charge in [0.1, 0.15) is 6.07 Å². The molecule has 1 aliphatic rings. The van der Waals surface area contributed by atoms with Gasteiger partial charge in [-0.1, -0.05) is 36.4 Å². The number of hydrogen-bond donors (Lipinski definition) is 1. The van der Waals surface area contributed by atoms with E-state index in [4.69, 9.17) is 4.42 Å². The van der Waals surface area contributed by atoms with Gasteiger partial charge < -0.3 is 14.2 Å². The molecular weight excluding hydrogens is 300 g/mol. The minimum Gasteiger partial charge on any atom is -0.419 e. The van der Waals surface area contributed by atoms with Crippen molar-refractivity contribution in [1.29, 1.82) is 5.26 Å². The van der Waals surface area contributed by atoms with Gasteiger partial charge in [0.05, 0.1) is 33.2 Å². The van der Waals surface area contributed by atoms with Crippen molar-refractivity contribution in [2.45, 2.75) is 0 Å². The maximum atomic E-state index is 9.47. The van der Waals surface area contributed by atoms with E-state index >= 15 is 0 Å². The Morgan fingerprint density at radius 3 is 2.67 bits per heavy atom. The molecule has 0 aliphatic carbocycles. The third-order valence-electron chi connectivity index (χ3n) is 4.64. The molecule has 24 heavy (non-hydrogen) atoms. The van der Waals surface area contributed by atoms with Crippen LogP contribution in [0, 0.1) is 11.3 Å². The average Bonchev–Trinajstić information content (AvgIpc) is 3.06. The molecule has 1 fully saturated rings. The fourth-order valence-electron chi connectivity index (χ4n) is 3.22. The van der Waals surface area contributed by atoms with Crippen LogP contribution in [0.15, 0.2) is 46.9 Å². The molecule has 4 rings (SSSR count). The van der Waals surface area contributed by atoms with Crippen molar-refractivity contribution in [1.82, 2.24) is 4.98 Å². The van der Waals surface area contributed by atoms with Gasteiger partial charge in [0.15, 0.2) is 0 Å². The van der Waals surface area contributed by atoms with Crippen LogP contribution in [-0.4, -0.2) is 38.2 Å². The lowest BCUT2D eigenvalue weighted by atomic mass is 10.0. The molecule has 0 unspecified atom stereocenters. The van der Waals surface area contributed by atoms with Crippen molar-refractivity contribution in [3.63, 3.8) is 0 Å². The van der Waals surface area contributed by atoms with Crippen molar-refractivity contribution in [3.8, 4) is 17.5 Å². The van der Waals surface area contributed by atoms with Gasteiger partial charge in [-0.25, -0.2) is 0 Å². The number of nitriles is 1. The van der Waals surface area contributed by atoms with Crippen molar-refractivity contribution >= 4 is 16.7 Å². The van der Waals surface area contributed by atoms with Crippen molar-refractivity contribution in [2.75, 3.05) is 38.1 Å². The molecule has 1 N–H and O–H groups in total. The highest BCUT2D eigenvalue weighted by atomic mass is 16.4. The van der Waals surface area contributed by atoms with E-state index in [0.29, 0.717) is 17.5 Å². The summed E-state index contributed by atoms with van der Waals surface area (Å²) in [5.41, 5.74) is 1.30. The number of likely N-dealkylation sites (N-methyl/N-ethyl adjacent to an activating group) is 1. The maximum Gasteiger partial charge on any atom is 0.235 e. The Labute approximate surface area is 140 Å². The molecule has 0 atom stereocenters. The normalized spacial score (nSPS) is 15.6. The topological polar surface area (TPSA) is 57.5 Å². The van der Waals surface area contributed by atoms with Crippen molar-refractivity contribution in [2.24, 2.45) is 0 Å². The zero-order valence-electron chi connectivity index (χ0n) is 13.6. The van der Waals surface area contributed by atoms with E-state index in [1.807, 2.05) is 24.3 Å². The predicted octanol–water partition coefficient (Wildman–Crippen LogP) is 1.70. The second kappa shape index (κ2) is 5.99. The smallest absolute Gasteiger partial charge is 0.235 e. The van der Waals surface area contributed by atoms with Crippen LogP contribution in [-0.2, 0) is 0 Å². The summed E-state index contributed by atoms with van der Waals surface area (Å²) in [4.78, 5) is 8.10. The SMILES string of the molecule is C[NH+]1CCN(c2oc(-c3cccc4ccccc34)nc2C#N)CC1. The van der Waals surface area contributed by atoms with E-state index in [1.54, 1.807) is 0 Å². The van der Waals surface area contributed by atoms with E-state index in [0.717, 1.165) is 42.5 Å². The van der Waals surface area contributed by atoms with E-state index in [-0.39, 0.29) is 0 Å². The third kappa shape index (κ3) is 2.51. The number of quaternary nitrogens is 1. The minimum absolute atomic E-state index is 0.373. The van der Waals surface area contributed by atoms with Gasteiger partial charge >= 0.3 is 0 Å². The van der Waals surface area contributed by atoms with Gasteiger partial charge in [0.25, 0.3) is 0 Å². The number of nitrogens with zero attached hydrogens (tertiary/aromatic N) is 3. The molecule has 1 aromatic heterocycles. The van der Waals surface area contributed by atoms with Gasteiger partial charge in [0.2, 0.25) is 17.5 Å². The number of piperazine rings is 1. The van der Waals surface area contributed by atoms with Gasteiger partial charge in [0, 0.05) is 5.56 Å². The van der Waals surface area contributed by atoms with E-state index in [2.05, 4.69) is 41.2 Å². The van der Waals surface area contributed by atoms with Gasteiger partial charge in [-0.3, -0.25) is 0 Å².